The van der Waals surface area contributed by atoms with Crippen molar-refractivity contribution >= 4 is 11.5 Å². The van der Waals surface area contributed by atoms with E-state index >= 15 is 0 Å². The molecule has 0 aliphatic carbocycles. The summed E-state index contributed by atoms with van der Waals surface area (Å²) in [5.41, 5.74) is 2.17. The number of nitriles is 1. The summed E-state index contributed by atoms with van der Waals surface area (Å²) in [5.74, 6) is 1.52. The molecule has 0 saturated carbocycles. The molecular formula is C15H18N4O. The molecule has 0 aliphatic heterocycles. The molecule has 5 nitrogen and oxygen atoms in total. The minimum absolute atomic E-state index is 0.152. The van der Waals surface area contributed by atoms with E-state index in [4.69, 9.17) is 4.74 Å². The molecule has 20 heavy (non-hydrogen) atoms. The number of nitrogens with zero attached hydrogens (tertiary/aromatic N) is 3. The van der Waals surface area contributed by atoms with Crippen LogP contribution in [0.4, 0.5) is 11.5 Å². The number of anilines is 2. The zero-order valence-electron chi connectivity index (χ0n) is 12.1. The Balaban J connectivity index is 2.21. The van der Waals surface area contributed by atoms with Gasteiger partial charge in [-0.25, -0.2) is 0 Å². The molecule has 1 aromatic carbocycles. The van der Waals surface area contributed by atoms with Gasteiger partial charge in [-0.15, -0.1) is 0 Å². The van der Waals surface area contributed by atoms with E-state index in [0.717, 1.165) is 17.1 Å². The summed E-state index contributed by atoms with van der Waals surface area (Å²) >= 11 is 0. The summed E-state index contributed by atoms with van der Waals surface area (Å²) in [5, 5.41) is 16.6. The van der Waals surface area contributed by atoms with Crippen molar-refractivity contribution in [2.45, 2.75) is 26.9 Å². The molecule has 2 rings (SSSR count). The van der Waals surface area contributed by atoms with Crippen LogP contribution in [0, 0.1) is 18.3 Å². The Labute approximate surface area is 118 Å². The Bertz CT molecular complexity index is 635. The fraction of sp³-hybridized carbons (Fsp3) is 0.333. The summed E-state index contributed by atoms with van der Waals surface area (Å²) in [4.78, 5) is 0. The smallest absolute Gasteiger partial charge is 0.146 e. The number of hydrogen-bond donors (Lipinski definition) is 1. The minimum atomic E-state index is 0.152. The molecule has 0 amide bonds. The number of nitrogens with one attached hydrogen (secondary N) is 1. The third kappa shape index (κ3) is 2.91. The van der Waals surface area contributed by atoms with Crippen molar-refractivity contribution in [3.05, 3.63) is 35.5 Å². The lowest BCUT2D eigenvalue weighted by molar-refractivity contribution is 0.242. The van der Waals surface area contributed by atoms with Gasteiger partial charge >= 0.3 is 0 Å². The molecule has 0 aliphatic rings. The zero-order chi connectivity index (χ0) is 14.7. The molecule has 0 radical (unpaired) electrons. The van der Waals surface area contributed by atoms with E-state index in [1.807, 2.05) is 52.1 Å². The topological polar surface area (TPSA) is 62.9 Å². The summed E-state index contributed by atoms with van der Waals surface area (Å²) in [6.07, 6.45) is 0.152. The minimum Gasteiger partial charge on any atom is -0.491 e. The van der Waals surface area contributed by atoms with Gasteiger partial charge in [0.15, 0.2) is 0 Å². The van der Waals surface area contributed by atoms with Gasteiger partial charge in [0, 0.05) is 12.7 Å². The summed E-state index contributed by atoms with van der Waals surface area (Å²) in [6.45, 7) is 5.80. The van der Waals surface area contributed by atoms with Crippen LogP contribution in [0.5, 0.6) is 5.75 Å². The molecule has 0 unspecified atom stereocenters. The number of hydrogen-bond acceptors (Lipinski definition) is 4. The van der Waals surface area contributed by atoms with Gasteiger partial charge in [0.1, 0.15) is 23.2 Å². The van der Waals surface area contributed by atoms with Crippen molar-refractivity contribution in [3.63, 3.8) is 0 Å². The number of ether oxygens (including phenoxy) is 1. The van der Waals surface area contributed by atoms with E-state index in [-0.39, 0.29) is 6.10 Å². The molecule has 1 N–H and O–H groups in total. The van der Waals surface area contributed by atoms with Gasteiger partial charge in [0.2, 0.25) is 0 Å². The SMILES string of the molecule is Cc1nn(C)c(Nc2ccc(OC(C)C)cc2)c1C#N. The van der Waals surface area contributed by atoms with Crippen molar-refractivity contribution in [1.29, 1.82) is 5.26 Å². The van der Waals surface area contributed by atoms with E-state index in [1.165, 1.54) is 0 Å². The lowest BCUT2D eigenvalue weighted by Gasteiger charge is -2.11. The summed E-state index contributed by atoms with van der Waals surface area (Å²) < 4.78 is 7.27. The quantitative estimate of drug-likeness (QED) is 0.927. The molecular weight excluding hydrogens is 252 g/mol. The maximum absolute atomic E-state index is 9.17. The largest absolute Gasteiger partial charge is 0.491 e. The Morgan fingerprint density at radius 1 is 1.30 bits per heavy atom. The Kier molecular flexibility index (Phi) is 3.94. The number of rotatable bonds is 4. The maximum Gasteiger partial charge on any atom is 0.146 e. The van der Waals surface area contributed by atoms with Crippen LogP contribution in [0.15, 0.2) is 24.3 Å². The van der Waals surface area contributed by atoms with Crippen LogP contribution in [-0.4, -0.2) is 15.9 Å². The first-order chi connectivity index (χ1) is 9.51. The highest BCUT2D eigenvalue weighted by atomic mass is 16.5. The molecule has 0 saturated heterocycles. The third-order valence-corrected chi connectivity index (χ3v) is 2.82. The lowest BCUT2D eigenvalue weighted by atomic mass is 10.2. The lowest BCUT2D eigenvalue weighted by Crippen LogP contribution is -2.05. The third-order valence-electron chi connectivity index (χ3n) is 2.82. The van der Waals surface area contributed by atoms with Gasteiger partial charge < -0.3 is 10.1 Å². The first kappa shape index (κ1) is 13.9. The van der Waals surface area contributed by atoms with Crippen molar-refractivity contribution in [3.8, 4) is 11.8 Å². The number of benzene rings is 1. The zero-order valence-corrected chi connectivity index (χ0v) is 12.1. The van der Waals surface area contributed by atoms with Crippen LogP contribution in [0.1, 0.15) is 25.1 Å². The molecule has 0 fully saturated rings. The predicted octanol–water partition coefficient (Wildman–Crippen LogP) is 3.13. The molecule has 1 heterocycles. The van der Waals surface area contributed by atoms with Crippen LogP contribution in [0.25, 0.3) is 0 Å². The summed E-state index contributed by atoms with van der Waals surface area (Å²) in [7, 11) is 1.81. The predicted molar refractivity (Wildman–Crippen MR) is 78.1 cm³/mol. The van der Waals surface area contributed by atoms with Crippen LogP contribution >= 0.6 is 0 Å². The average Bonchev–Trinajstić information content (AvgIpc) is 2.65. The Morgan fingerprint density at radius 3 is 2.50 bits per heavy atom. The molecule has 1 aromatic heterocycles. The van der Waals surface area contributed by atoms with Crippen LogP contribution < -0.4 is 10.1 Å². The first-order valence-electron chi connectivity index (χ1n) is 6.48. The van der Waals surface area contributed by atoms with E-state index in [1.54, 1.807) is 4.68 Å². The second kappa shape index (κ2) is 5.66. The van der Waals surface area contributed by atoms with E-state index in [0.29, 0.717) is 11.4 Å². The molecule has 0 atom stereocenters. The average molecular weight is 270 g/mol. The highest BCUT2D eigenvalue weighted by molar-refractivity contribution is 5.64. The van der Waals surface area contributed by atoms with Gasteiger partial charge in [0.25, 0.3) is 0 Å². The highest BCUT2D eigenvalue weighted by Gasteiger charge is 2.12. The second-order valence-corrected chi connectivity index (χ2v) is 4.86. The van der Waals surface area contributed by atoms with Gasteiger partial charge in [-0.1, -0.05) is 0 Å². The van der Waals surface area contributed by atoms with Crippen LogP contribution in [0.2, 0.25) is 0 Å². The normalized spacial score (nSPS) is 10.4. The maximum atomic E-state index is 9.17. The highest BCUT2D eigenvalue weighted by Crippen LogP contribution is 2.24. The Hall–Kier alpha value is -2.48. The van der Waals surface area contributed by atoms with Crippen LogP contribution in [-0.2, 0) is 7.05 Å². The molecule has 104 valence electrons. The Morgan fingerprint density at radius 2 is 1.95 bits per heavy atom. The van der Waals surface area contributed by atoms with Gasteiger partial charge in [-0.2, -0.15) is 10.4 Å². The van der Waals surface area contributed by atoms with Crippen molar-refractivity contribution in [1.82, 2.24) is 9.78 Å². The van der Waals surface area contributed by atoms with Gasteiger partial charge in [-0.3, -0.25) is 4.68 Å². The van der Waals surface area contributed by atoms with E-state index < -0.39 is 0 Å². The van der Waals surface area contributed by atoms with Crippen molar-refractivity contribution < 1.29 is 4.74 Å². The molecule has 0 bridgehead atoms. The van der Waals surface area contributed by atoms with E-state index in [2.05, 4.69) is 16.5 Å². The number of aryl methyl sites for hydroxylation is 2. The fourth-order valence-electron chi connectivity index (χ4n) is 1.96. The van der Waals surface area contributed by atoms with Crippen LogP contribution in [0.3, 0.4) is 0 Å². The number of aromatic nitrogens is 2. The van der Waals surface area contributed by atoms with Crippen molar-refractivity contribution in [2.24, 2.45) is 7.05 Å². The fourth-order valence-corrected chi connectivity index (χ4v) is 1.96. The second-order valence-electron chi connectivity index (χ2n) is 4.86. The monoisotopic (exact) mass is 270 g/mol. The summed E-state index contributed by atoms with van der Waals surface area (Å²) in [6, 6.07) is 9.81. The van der Waals surface area contributed by atoms with Crippen molar-refractivity contribution in [2.75, 3.05) is 5.32 Å². The molecule has 5 heteroatoms. The van der Waals surface area contributed by atoms with E-state index in [9.17, 15) is 5.26 Å². The van der Waals surface area contributed by atoms with Gasteiger partial charge in [0.05, 0.1) is 11.8 Å². The molecule has 2 aromatic rings. The standard InChI is InChI=1S/C15H18N4O/c1-10(2)20-13-7-5-12(6-8-13)17-15-14(9-16)11(3)18-19(15)4/h5-8,10,17H,1-4H3. The van der Waals surface area contributed by atoms with Gasteiger partial charge in [-0.05, 0) is 45.0 Å². The first-order valence-corrected chi connectivity index (χ1v) is 6.48. The molecule has 0 spiro atoms.